The molecule has 140 valence electrons. The topological polar surface area (TPSA) is 66.5 Å². The summed E-state index contributed by atoms with van der Waals surface area (Å²) in [6.07, 6.45) is 0. The minimum atomic E-state index is -4.10. The first-order valence-corrected chi connectivity index (χ1v) is 9.79. The van der Waals surface area contributed by atoms with Gasteiger partial charge in [-0.05, 0) is 37.1 Å². The number of hydrogen-bond donors (Lipinski definition) is 1. The Hall–Kier alpha value is -2.41. The average molecular weight is 378 g/mol. The Labute approximate surface area is 153 Å². The van der Waals surface area contributed by atoms with Crippen LogP contribution in [0.5, 0.6) is 0 Å². The van der Waals surface area contributed by atoms with E-state index in [4.69, 9.17) is 0 Å². The van der Waals surface area contributed by atoms with E-state index in [1.54, 1.807) is 18.2 Å². The molecule has 0 aliphatic heterocycles. The van der Waals surface area contributed by atoms with Crippen molar-refractivity contribution in [3.05, 3.63) is 60.4 Å². The Kier molecular flexibility index (Phi) is 6.37. The lowest BCUT2D eigenvalue weighted by Gasteiger charge is -2.26. The number of halogens is 1. The highest BCUT2D eigenvalue weighted by molar-refractivity contribution is 7.92. The summed E-state index contributed by atoms with van der Waals surface area (Å²) >= 11 is 0. The fourth-order valence-electron chi connectivity index (χ4n) is 2.27. The highest BCUT2D eigenvalue weighted by Crippen LogP contribution is 2.26. The van der Waals surface area contributed by atoms with Crippen molar-refractivity contribution in [2.75, 3.05) is 10.8 Å². The molecule has 5 nitrogen and oxygen atoms in total. The summed E-state index contributed by atoms with van der Waals surface area (Å²) in [6.45, 7) is 5.22. The number of amides is 1. The number of hydrogen-bond acceptors (Lipinski definition) is 3. The second-order valence-corrected chi connectivity index (χ2v) is 8.24. The number of para-hydroxylation sites is 1. The van der Waals surface area contributed by atoms with Crippen molar-refractivity contribution < 1.29 is 17.6 Å². The van der Waals surface area contributed by atoms with Gasteiger partial charge in [0.25, 0.3) is 10.0 Å². The van der Waals surface area contributed by atoms with E-state index in [1.165, 1.54) is 30.3 Å². The van der Waals surface area contributed by atoms with Crippen LogP contribution in [0.25, 0.3) is 0 Å². The molecule has 0 spiro atoms. The molecule has 1 atom stereocenters. The largest absolute Gasteiger partial charge is 0.352 e. The van der Waals surface area contributed by atoms with E-state index in [0.717, 1.165) is 10.4 Å². The normalized spacial score (nSPS) is 12.7. The van der Waals surface area contributed by atoms with Gasteiger partial charge in [-0.1, -0.05) is 44.2 Å². The first-order chi connectivity index (χ1) is 12.2. The predicted molar refractivity (Wildman–Crippen MR) is 99.8 cm³/mol. The van der Waals surface area contributed by atoms with Crippen LogP contribution in [0.3, 0.4) is 0 Å². The van der Waals surface area contributed by atoms with Gasteiger partial charge < -0.3 is 5.32 Å². The van der Waals surface area contributed by atoms with Crippen LogP contribution in [0.2, 0.25) is 0 Å². The van der Waals surface area contributed by atoms with Gasteiger partial charge >= 0.3 is 0 Å². The molecule has 0 fully saturated rings. The lowest BCUT2D eigenvalue weighted by molar-refractivity contribution is -0.120. The Bertz CT molecular complexity index is 854. The summed E-state index contributed by atoms with van der Waals surface area (Å²) < 4.78 is 41.1. The maximum atomic E-state index is 14.3. The molecule has 0 radical (unpaired) electrons. The average Bonchev–Trinajstić information content (AvgIpc) is 2.61. The molecule has 0 aromatic heterocycles. The number of benzene rings is 2. The molecule has 0 aliphatic carbocycles. The smallest absolute Gasteiger partial charge is 0.264 e. The van der Waals surface area contributed by atoms with E-state index < -0.39 is 28.3 Å². The molecular weight excluding hydrogens is 355 g/mol. The van der Waals surface area contributed by atoms with Crippen molar-refractivity contribution in [2.24, 2.45) is 5.92 Å². The number of carbonyl (C=O) groups excluding carboxylic acids is 1. The zero-order valence-corrected chi connectivity index (χ0v) is 15.8. The van der Waals surface area contributed by atoms with Crippen molar-refractivity contribution in [3.63, 3.8) is 0 Å². The maximum absolute atomic E-state index is 14.3. The Balaban J connectivity index is 2.41. The van der Waals surface area contributed by atoms with Gasteiger partial charge in [-0.15, -0.1) is 0 Å². The van der Waals surface area contributed by atoms with Crippen molar-refractivity contribution in [1.29, 1.82) is 0 Å². The first-order valence-electron chi connectivity index (χ1n) is 8.35. The molecular formula is C19H23FN2O3S. The molecule has 0 aliphatic rings. The van der Waals surface area contributed by atoms with E-state index in [2.05, 4.69) is 5.32 Å². The Morgan fingerprint density at radius 1 is 1.04 bits per heavy atom. The van der Waals surface area contributed by atoms with Crippen molar-refractivity contribution >= 4 is 21.6 Å². The molecule has 7 heteroatoms. The van der Waals surface area contributed by atoms with Crippen LogP contribution < -0.4 is 9.62 Å². The fraction of sp³-hybridized carbons (Fsp3) is 0.316. The molecule has 1 N–H and O–H groups in total. The highest BCUT2D eigenvalue weighted by Gasteiger charge is 2.29. The van der Waals surface area contributed by atoms with Gasteiger partial charge in [0.1, 0.15) is 12.4 Å². The number of rotatable bonds is 7. The van der Waals surface area contributed by atoms with E-state index >= 15 is 0 Å². The van der Waals surface area contributed by atoms with Crippen molar-refractivity contribution in [1.82, 2.24) is 5.32 Å². The third-order valence-electron chi connectivity index (χ3n) is 4.13. The van der Waals surface area contributed by atoms with Crippen molar-refractivity contribution in [2.45, 2.75) is 31.7 Å². The molecule has 2 aromatic rings. The van der Waals surface area contributed by atoms with Gasteiger partial charge in [-0.3, -0.25) is 9.10 Å². The molecule has 2 aromatic carbocycles. The van der Waals surface area contributed by atoms with Crippen LogP contribution in [-0.2, 0) is 14.8 Å². The van der Waals surface area contributed by atoms with Gasteiger partial charge in [0, 0.05) is 6.04 Å². The number of carbonyl (C=O) groups is 1. The molecule has 26 heavy (non-hydrogen) atoms. The summed E-state index contributed by atoms with van der Waals surface area (Å²) in [4.78, 5) is 12.4. The Morgan fingerprint density at radius 3 is 2.19 bits per heavy atom. The lowest BCUT2D eigenvalue weighted by Crippen LogP contribution is -2.45. The zero-order chi connectivity index (χ0) is 19.3. The SMILES string of the molecule is CC(C)C(C)NC(=O)CN(c1ccccc1F)S(=O)(=O)c1ccccc1. The third kappa shape index (κ3) is 4.60. The summed E-state index contributed by atoms with van der Waals surface area (Å²) in [7, 11) is -4.10. The Morgan fingerprint density at radius 2 is 1.62 bits per heavy atom. The highest BCUT2D eigenvalue weighted by atomic mass is 32.2. The van der Waals surface area contributed by atoms with E-state index in [1.807, 2.05) is 20.8 Å². The molecule has 0 saturated heterocycles. The molecule has 0 saturated carbocycles. The van der Waals surface area contributed by atoms with Gasteiger partial charge in [-0.2, -0.15) is 0 Å². The van der Waals surface area contributed by atoms with E-state index in [0.29, 0.717) is 0 Å². The second kappa shape index (κ2) is 8.31. The van der Waals surface area contributed by atoms with Gasteiger partial charge in [0.05, 0.1) is 10.6 Å². The monoisotopic (exact) mass is 378 g/mol. The second-order valence-electron chi connectivity index (χ2n) is 6.38. The van der Waals surface area contributed by atoms with Crippen LogP contribution in [-0.4, -0.2) is 26.9 Å². The van der Waals surface area contributed by atoms with Gasteiger partial charge in [0.15, 0.2) is 0 Å². The standard InChI is InChI=1S/C19H23FN2O3S/c1-14(2)15(3)21-19(23)13-22(18-12-8-7-11-17(18)20)26(24,25)16-9-5-4-6-10-16/h4-12,14-15H,13H2,1-3H3,(H,21,23). The molecule has 2 rings (SSSR count). The third-order valence-corrected chi connectivity index (χ3v) is 5.90. The number of nitrogens with zero attached hydrogens (tertiary/aromatic N) is 1. The predicted octanol–water partition coefficient (Wildman–Crippen LogP) is 3.18. The number of anilines is 1. The number of nitrogens with one attached hydrogen (secondary N) is 1. The van der Waals surface area contributed by atoms with Crippen LogP contribution in [0.1, 0.15) is 20.8 Å². The first kappa shape index (κ1) is 19.9. The molecule has 0 heterocycles. The summed E-state index contributed by atoms with van der Waals surface area (Å²) in [6, 6.07) is 13.0. The fourth-order valence-corrected chi connectivity index (χ4v) is 3.72. The molecule has 0 bridgehead atoms. The summed E-state index contributed by atoms with van der Waals surface area (Å²) in [5.41, 5.74) is -0.163. The minimum Gasteiger partial charge on any atom is -0.352 e. The van der Waals surface area contributed by atoms with E-state index in [-0.39, 0.29) is 22.5 Å². The van der Waals surface area contributed by atoms with Crippen LogP contribution in [0.4, 0.5) is 10.1 Å². The molecule has 1 amide bonds. The van der Waals surface area contributed by atoms with Gasteiger partial charge in [0.2, 0.25) is 5.91 Å². The van der Waals surface area contributed by atoms with Crippen LogP contribution in [0.15, 0.2) is 59.5 Å². The number of sulfonamides is 1. The zero-order valence-electron chi connectivity index (χ0n) is 15.0. The van der Waals surface area contributed by atoms with Crippen LogP contribution >= 0.6 is 0 Å². The van der Waals surface area contributed by atoms with Gasteiger partial charge in [-0.25, -0.2) is 12.8 Å². The van der Waals surface area contributed by atoms with E-state index in [9.17, 15) is 17.6 Å². The quantitative estimate of drug-likeness (QED) is 0.805. The van der Waals surface area contributed by atoms with Crippen molar-refractivity contribution in [3.8, 4) is 0 Å². The molecule has 1 unspecified atom stereocenters. The minimum absolute atomic E-state index is 0.00652. The summed E-state index contributed by atoms with van der Waals surface area (Å²) in [5.74, 6) is -1.02. The summed E-state index contributed by atoms with van der Waals surface area (Å²) in [5, 5.41) is 2.76. The lowest BCUT2D eigenvalue weighted by atomic mass is 10.1. The van der Waals surface area contributed by atoms with Crippen LogP contribution in [0, 0.1) is 11.7 Å². The maximum Gasteiger partial charge on any atom is 0.264 e.